The molecule has 0 radical (unpaired) electrons. The maximum atomic E-state index is 13.4. The average Bonchev–Trinajstić information content (AvgIpc) is 3.48. The topological polar surface area (TPSA) is 79.5 Å². The number of ketones is 1. The Kier molecular flexibility index (Phi) is 6.13. The number of hydrogen-bond donors (Lipinski definition) is 1. The van der Waals surface area contributed by atoms with Gasteiger partial charge in [-0.15, -0.1) is 0 Å². The van der Waals surface area contributed by atoms with Crippen LogP contribution in [0.4, 0.5) is 0 Å². The lowest BCUT2D eigenvalue weighted by atomic mass is 9.99. The molecule has 1 atom stereocenters. The second-order valence-corrected chi connectivity index (χ2v) is 8.00. The summed E-state index contributed by atoms with van der Waals surface area (Å²) in [4.78, 5) is 43.1. The molecule has 1 aromatic carbocycles. The van der Waals surface area contributed by atoms with Crippen LogP contribution in [0.2, 0.25) is 5.02 Å². The minimum absolute atomic E-state index is 0.200. The van der Waals surface area contributed by atoms with E-state index < -0.39 is 12.0 Å². The fourth-order valence-electron chi connectivity index (χ4n) is 3.53. The van der Waals surface area contributed by atoms with Gasteiger partial charge in [-0.25, -0.2) is 4.79 Å². The lowest BCUT2D eigenvalue weighted by Gasteiger charge is -2.29. The lowest BCUT2D eigenvalue weighted by Crippen LogP contribution is -2.44. The number of halogens is 1. The van der Waals surface area contributed by atoms with Gasteiger partial charge >= 0.3 is 5.97 Å². The van der Waals surface area contributed by atoms with Crippen LogP contribution in [-0.2, 0) is 4.74 Å². The molecule has 0 unspecified atom stereocenters. The Hall–Kier alpha value is -2.60. The Morgan fingerprint density at radius 1 is 1.21 bits per heavy atom. The number of aryl methyl sites for hydroxylation is 1. The summed E-state index contributed by atoms with van der Waals surface area (Å²) in [5.74, 6) is -0.507. The van der Waals surface area contributed by atoms with Crippen LogP contribution in [0.1, 0.15) is 62.2 Å². The first-order valence-corrected chi connectivity index (χ1v) is 10.0. The SMILES string of the molecule is COC(=O)c1[nH]c(C)c(C(=O)[C@@H](C)N(CC2CC2)C(=O)c2ccc(Cl)cc2)c1C. The predicted molar refractivity (Wildman–Crippen MR) is 111 cm³/mol. The van der Waals surface area contributed by atoms with Crippen LogP contribution >= 0.6 is 11.6 Å². The number of nitrogens with zero attached hydrogens (tertiary/aromatic N) is 1. The number of methoxy groups -OCH3 is 1. The summed E-state index contributed by atoms with van der Waals surface area (Å²) in [6, 6.07) is 6.00. The molecule has 0 bridgehead atoms. The fourth-order valence-corrected chi connectivity index (χ4v) is 3.66. The van der Waals surface area contributed by atoms with Gasteiger partial charge in [0.15, 0.2) is 5.78 Å². The second-order valence-electron chi connectivity index (χ2n) is 7.56. The summed E-state index contributed by atoms with van der Waals surface area (Å²) in [5.41, 5.74) is 2.31. The van der Waals surface area contributed by atoms with E-state index in [-0.39, 0.29) is 17.4 Å². The quantitative estimate of drug-likeness (QED) is 0.542. The van der Waals surface area contributed by atoms with E-state index in [1.54, 1.807) is 49.9 Å². The molecule has 1 saturated carbocycles. The highest BCUT2D eigenvalue weighted by atomic mass is 35.5. The number of nitrogens with one attached hydrogen (secondary N) is 1. The minimum atomic E-state index is -0.669. The maximum Gasteiger partial charge on any atom is 0.354 e. The number of carbonyl (C=O) groups is 3. The molecule has 1 fully saturated rings. The van der Waals surface area contributed by atoms with Crippen LogP contribution in [0, 0.1) is 19.8 Å². The van der Waals surface area contributed by atoms with Crippen molar-refractivity contribution in [3.63, 3.8) is 0 Å². The molecule has 0 spiro atoms. The van der Waals surface area contributed by atoms with E-state index in [1.165, 1.54) is 7.11 Å². The maximum absolute atomic E-state index is 13.4. The molecule has 1 aliphatic carbocycles. The standard InChI is InChI=1S/C22H25ClN2O4/c1-12-18(13(2)24-19(12)22(28)29-4)20(26)14(3)25(11-15-5-6-15)21(27)16-7-9-17(23)10-8-16/h7-10,14-15,24H,5-6,11H2,1-4H3/t14-/m1/s1. The van der Waals surface area contributed by atoms with E-state index in [9.17, 15) is 14.4 Å². The number of ether oxygens (including phenoxy) is 1. The van der Waals surface area contributed by atoms with E-state index in [2.05, 4.69) is 4.98 Å². The third-order valence-corrected chi connectivity index (χ3v) is 5.68. The van der Waals surface area contributed by atoms with Crippen LogP contribution in [0.3, 0.4) is 0 Å². The van der Waals surface area contributed by atoms with Gasteiger partial charge in [0.2, 0.25) is 0 Å². The highest BCUT2D eigenvalue weighted by Crippen LogP contribution is 2.32. The first kappa shape index (κ1) is 21.1. The van der Waals surface area contributed by atoms with Gasteiger partial charge in [0, 0.05) is 28.4 Å². The largest absolute Gasteiger partial charge is 0.464 e. The number of benzene rings is 1. The summed E-state index contributed by atoms with van der Waals surface area (Å²) in [6.45, 7) is 5.72. The van der Waals surface area contributed by atoms with Crippen LogP contribution < -0.4 is 0 Å². The molecule has 1 aromatic heterocycles. The number of rotatable bonds is 7. The van der Waals surface area contributed by atoms with Crippen molar-refractivity contribution in [2.45, 2.75) is 39.7 Å². The molecule has 6 nitrogen and oxygen atoms in total. The van der Waals surface area contributed by atoms with Crippen molar-refractivity contribution < 1.29 is 19.1 Å². The van der Waals surface area contributed by atoms with Crippen molar-refractivity contribution in [2.24, 2.45) is 5.92 Å². The molecule has 1 heterocycles. The Bertz CT molecular complexity index is 944. The third-order valence-electron chi connectivity index (χ3n) is 5.42. The summed E-state index contributed by atoms with van der Waals surface area (Å²) in [6.07, 6.45) is 2.11. The Balaban J connectivity index is 1.91. The lowest BCUT2D eigenvalue weighted by molar-refractivity contribution is 0.0592. The molecule has 1 amide bonds. The van der Waals surface area contributed by atoms with E-state index in [0.717, 1.165) is 12.8 Å². The summed E-state index contributed by atoms with van der Waals surface area (Å²) in [7, 11) is 1.30. The zero-order valence-electron chi connectivity index (χ0n) is 17.0. The van der Waals surface area contributed by atoms with Crippen molar-refractivity contribution in [3.05, 3.63) is 57.4 Å². The molecule has 1 N–H and O–H groups in total. The van der Waals surface area contributed by atoms with Gasteiger partial charge in [-0.05, 0) is 69.4 Å². The van der Waals surface area contributed by atoms with Crippen molar-refractivity contribution in [3.8, 4) is 0 Å². The number of aromatic nitrogens is 1. The zero-order valence-corrected chi connectivity index (χ0v) is 17.8. The molecule has 0 saturated heterocycles. The summed E-state index contributed by atoms with van der Waals surface area (Å²) >= 11 is 5.94. The first-order chi connectivity index (χ1) is 13.7. The third kappa shape index (κ3) is 4.37. The normalized spacial score (nSPS) is 14.4. The highest BCUT2D eigenvalue weighted by molar-refractivity contribution is 6.30. The Morgan fingerprint density at radius 3 is 2.38 bits per heavy atom. The van der Waals surface area contributed by atoms with Gasteiger partial charge in [0.25, 0.3) is 5.91 Å². The van der Waals surface area contributed by atoms with Crippen molar-refractivity contribution >= 4 is 29.3 Å². The summed E-state index contributed by atoms with van der Waals surface area (Å²) < 4.78 is 4.78. The van der Waals surface area contributed by atoms with Crippen molar-refractivity contribution in [2.75, 3.05) is 13.7 Å². The second kappa shape index (κ2) is 8.41. The van der Waals surface area contributed by atoms with Gasteiger partial charge in [0.05, 0.1) is 13.2 Å². The number of H-pyrrole nitrogens is 1. The minimum Gasteiger partial charge on any atom is -0.464 e. The molecule has 29 heavy (non-hydrogen) atoms. The molecular weight excluding hydrogens is 392 g/mol. The number of amides is 1. The molecule has 0 aliphatic heterocycles. The fraction of sp³-hybridized carbons (Fsp3) is 0.409. The predicted octanol–water partition coefficient (Wildman–Crippen LogP) is 4.20. The van der Waals surface area contributed by atoms with Crippen molar-refractivity contribution in [1.82, 2.24) is 9.88 Å². The molecule has 1 aliphatic rings. The average molecular weight is 417 g/mol. The highest BCUT2D eigenvalue weighted by Gasteiger charge is 2.35. The van der Waals surface area contributed by atoms with Crippen LogP contribution in [0.25, 0.3) is 0 Å². The van der Waals surface area contributed by atoms with Crippen LogP contribution in [-0.4, -0.2) is 47.2 Å². The number of Topliss-reactive ketones (excluding diaryl/α,β-unsaturated/α-hetero) is 1. The number of carbonyl (C=O) groups excluding carboxylic acids is 3. The number of esters is 1. The zero-order chi connectivity index (χ0) is 21.3. The molecule has 2 aromatic rings. The monoisotopic (exact) mass is 416 g/mol. The first-order valence-electron chi connectivity index (χ1n) is 9.62. The van der Waals surface area contributed by atoms with Gasteiger partial charge in [-0.1, -0.05) is 11.6 Å². The van der Waals surface area contributed by atoms with Crippen LogP contribution in [0.15, 0.2) is 24.3 Å². The molecular formula is C22H25ClN2O4. The van der Waals surface area contributed by atoms with Gasteiger partial charge < -0.3 is 14.6 Å². The van der Waals surface area contributed by atoms with E-state index in [1.807, 2.05) is 0 Å². The van der Waals surface area contributed by atoms with E-state index in [4.69, 9.17) is 16.3 Å². The Morgan fingerprint density at radius 2 is 1.83 bits per heavy atom. The van der Waals surface area contributed by atoms with Crippen molar-refractivity contribution in [1.29, 1.82) is 0 Å². The molecule has 3 rings (SSSR count). The smallest absolute Gasteiger partial charge is 0.354 e. The van der Waals surface area contributed by atoms with E-state index >= 15 is 0 Å². The van der Waals surface area contributed by atoms with E-state index in [0.29, 0.717) is 39.9 Å². The van der Waals surface area contributed by atoms with Gasteiger partial charge in [-0.2, -0.15) is 0 Å². The number of hydrogen-bond acceptors (Lipinski definition) is 4. The summed E-state index contributed by atoms with van der Waals surface area (Å²) in [5, 5.41) is 0.549. The number of aromatic amines is 1. The molecule has 154 valence electrons. The van der Waals surface area contributed by atoms with Gasteiger partial charge in [0.1, 0.15) is 5.69 Å². The van der Waals surface area contributed by atoms with Gasteiger partial charge in [-0.3, -0.25) is 9.59 Å². The van der Waals surface area contributed by atoms with Crippen LogP contribution in [0.5, 0.6) is 0 Å². The molecule has 7 heteroatoms. The Labute approximate surface area is 175 Å².